The van der Waals surface area contributed by atoms with Crippen LogP contribution in [0, 0.1) is 11.8 Å². The van der Waals surface area contributed by atoms with Crippen molar-refractivity contribution >= 4 is 41.3 Å². The van der Waals surface area contributed by atoms with Gasteiger partial charge in [-0.05, 0) is 19.4 Å². The Bertz CT molecular complexity index is 1180. The molecular weight excluding hydrogens is 468 g/mol. The number of rotatable bonds is 3. The van der Waals surface area contributed by atoms with Crippen molar-refractivity contribution in [1.82, 2.24) is 25.3 Å². The first kappa shape index (κ1) is 23.3. The fraction of sp³-hybridized carbons (Fsp3) is 0.458. The average Bonchev–Trinajstić information content (AvgIpc) is 2.83. The molecule has 4 atom stereocenters. The first-order valence-electron chi connectivity index (χ1n) is 11.7. The molecule has 0 radical (unpaired) electrons. The first-order valence-corrected chi connectivity index (χ1v) is 12.1. The summed E-state index contributed by atoms with van der Waals surface area (Å²) in [4.78, 5) is 46.0. The molecule has 1 aliphatic carbocycles. The normalized spacial score (nSPS) is 29.1. The maximum Gasteiger partial charge on any atom is 0.262 e. The van der Waals surface area contributed by atoms with Gasteiger partial charge in [-0.1, -0.05) is 30.7 Å². The lowest BCUT2D eigenvalue weighted by Crippen LogP contribution is -2.58. The summed E-state index contributed by atoms with van der Waals surface area (Å²) in [6, 6.07) is -0.815. The Labute approximate surface area is 209 Å². The second-order valence-corrected chi connectivity index (χ2v) is 9.80. The molecule has 0 aromatic rings. The summed E-state index contributed by atoms with van der Waals surface area (Å²) in [6.45, 7) is 4.81. The third kappa shape index (κ3) is 3.95. The van der Waals surface area contributed by atoms with Crippen molar-refractivity contribution in [3.63, 3.8) is 0 Å². The van der Waals surface area contributed by atoms with Gasteiger partial charge in [0.15, 0.2) is 0 Å². The van der Waals surface area contributed by atoms with Crippen LogP contribution in [-0.4, -0.2) is 83.9 Å². The molecule has 0 aromatic heterocycles. The van der Waals surface area contributed by atoms with E-state index >= 15 is 0 Å². The molecule has 11 heteroatoms. The van der Waals surface area contributed by atoms with E-state index in [9.17, 15) is 9.59 Å². The Morgan fingerprint density at radius 3 is 2.83 bits per heavy atom. The van der Waals surface area contributed by atoms with E-state index in [1.165, 1.54) is 0 Å². The van der Waals surface area contributed by atoms with Crippen molar-refractivity contribution in [2.24, 2.45) is 26.8 Å². The number of carbonyl (C=O) groups excluding carboxylic acids is 2. The molecule has 2 N–H and O–H groups in total. The van der Waals surface area contributed by atoms with Gasteiger partial charge in [-0.2, -0.15) is 0 Å². The van der Waals surface area contributed by atoms with Crippen LogP contribution in [0.5, 0.6) is 0 Å². The van der Waals surface area contributed by atoms with Crippen molar-refractivity contribution in [3.05, 3.63) is 46.6 Å². The van der Waals surface area contributed by atoms with E-state index in [0.717, 1.165) is 17.9 Å². The quantitative estimate of drug-likeness (QED) is 0.614. The molecule has 0 bridgehead atoms. The van der Waals surface area contributed by atoms with E-state index in [1.807, 2.05) is 37.2 Å². The van der Waals surface area contributed by atoms with Crippen molar-refractivity contribution in [3.8, 4) is 0 Å². The summed E-state index contributed by atoms with van der Waals surface area (Å²) in [5.41, 5.74) is 1.26. The number of carbonyl (C=O) groups is 2. The van der Waals surface area contributed by atoms with Gasteiger partial charge in [-0.15, -0.1) is 0 Å². The molecule has 3 unspecified atom stereocenters. The Balaban J connectivity index is 1.52. The van der Waals surface area contributed by atoms with Crippen molar-refractivity contribution in [2.75, 3.05) is 27.4 Å². The smallest absolute Gasteiger partial charge is 0.262 e. The highest BCUT2D eigenvalue weighted by Gasteiger charge is 2.44. The van der Waals surface area contributed by atoms with Gasteiger partial charge in [0, 0.05) is 43.2 Å². The molecule has 184 valence electrons. The second-order valence-electron chi connectivity index (χ2n) is 9.36. The van der Waals surface area contributed by atoms with Gasteiger partial charge in [0.25, 0.3) is 5.91 Å². The van der Waals surface area contributed by atoms with Gasteiger partial charge in [0.2, 0.25) is 5.91 Å². The Hall–Kier alpha value is -3.40. The molecule has 5 aliphatic rings. The number of likely N-dealkylation sites (N-methyl/N-ethyl adjacent to an activating group) is 1. The van der Waals surface area contributed by atoms with Gasteiger partial charge in [-0.25, -0.2) is 4.99 Å². The van der Waals surface area contributed by atoms with E-state index in [2.05, 4.69) is 27.5 Å². The van der Waals surface area contributed by atoms with Crippen LogP contribution in [0.15, 0.2) is 61.5 Å². The maximum atomic E-state index is 13.8. The fourth-order valence-electron chi connectivity index (χ4n) is 4.82. The van der Waals surface area contributed by atoms with Crippen LogP contribution in [0.2, 0.25) is 0 Å². The SMILES string of the molecule is CC1CC=NC=C1N1C(=O)C2C(Cl)=CC=C[C@H]2N=C1C(C)NC1=NCN(C)C2=C1C(=O)N(C)CN2. The third-order valence-corrected chi connectivity index (χ3v) is 7.18. The van der Waals surface area contributed by atoms with Gasteiger partial charge < -0.3 is 20.4 Å². The molecule has 4 aliphatic heterocycles. The molecular formula is C24H29ClN8O2. The highest BCUT2D eigenvalue weighted by atomic mass is 35.5. The van der Waals surface area contributed by atoms with Gasteiger partial charge >= 0.3 is 0 Å². The zero-order chi connectivity index (χ0) is 24.9. The lowest BCUT2D eigenvalue weighted by atomic mass is 9.89. The zero-order valence-corrected chi connectivity index (χ0v) is 21.0. The molecule has 0 saturated carbocycles. The lowest BCUT2D eigenvalue weighted by Gasteiger charge is -2.41. The Morgan fingerprint density at radius 1 is 1.26 bits per heavy atom. The van der Waals surface area contributed by atoms with E-state index in [0.29, 0.717) is 35.6 Å². The van der Waals surface area contributed by atoms with Gasteiger partial charge in [0.05, 0.1) is 18.8 Å². The van der Waals surface area contributed by atoms with E-state index in [1.54, 1.807) is 29.1 Å². The molecule has 4 heterocycles. The number of hydrogen-bond acceptors (Lipinski definition) is 8. The Morgan fingerprint density at radius 2 is 2.06 bits per heavy atom. The summed E-state index contributed by atoms with van der Waals surface area (Å²) in [6.07, 6.45) is 9.77. The standard InChI is InChI=1S/C24H29ClN8O2/c1-13-8-9-26-10-17(13)33-21(30-16-7-5-6-15(25)18(16)24(33)35)14(2)29-20-19-22(31(3)11-27-20)28-12-32(4)23(19)34/h5-7,9-10,13-14,16,18,28H,8,11-12H2,1-4H3,(H,27,29)/t13?,14?,16-,18?/m1/s1. The van der Waals surface area contributed by atoms with Crippen LogP contribution in [0.25, 0.3) is 0 Å². The number of amidine groups is 2. The number of aliphatic imine (C=N–C) groups is 3. The topological polar surface area (TPSA) is 105 Å². The van der Waals surface area contributed by atoms with E-state index in [-0.39, 0.29) is 17.7 Å². The molecule has 5 rings (SSSR count). The predicted octanol–water partition coefficient (Wildman–Crippen LogP) is 1.37. The van der Waals surface area contributed by atoms with E-state index in [4.69, 9.17) is 16.6 Å². The summed E-state index contributed by atoms with van der Waals surface area (Å²) < 4.78 is 0. The van der Waals surface area contributed by atoms with Crippen LogP contribution in [0.4, 0.5) is 0 Å². The molecule has 35 heavy (non-hydrogen) atoms. The monoisotopic (exact) mass is 496 g/mol. The number of hydrogen-bond donors (Lipinski definition) is 2. The lowest BCUT2D eigenvalue weighted by molar-refractivity contribution is -0.130. The summed E-state index contributed by atoms with van der Waals surface area (Å²) >= 11 is 6.48. The van der Waals surface area contributed by atoms with Crippen LogP contribution in [-0.2, 0) is 9.59 Å². The van der Waals surface area contributed by atoms with Gasteiger partial charge in [0.1, 0.15) is 35.7 Å². The minimum atomic E-state index is -0.565. The van der Waals surface area contributed by atoms with Crippen LogP contribution < -0.4 is 10.6 Å². The van der Waals surface area contributed by atoms with E-state index < -0.39 is 18.0 Å². The number of nitrogens with one attached hydrogen (secondary N) is 2. The molecule has 0 spiro atoms. The fourth-order valence-corrected chi connectivity index (χ4v) is 5.12. The van der Waals surface area contributed by atoms with Crippen LogP contribution in [0.1, 0.15) is 20.3 Å². The summed E-state index contributed by atoms with van der Waals surface area (Å²) in [5, 5.41) is 7.15. The molecule has 0 aromatic carbocycles. The minimum Gasteiger partial charge on any atom is -0.360 e. The van der Waals surface area contributed by atoms with Crippen molar-refractivity contribution < 1.29 is 9.59 Å². The Kier molecular flexibility index (Phi) is 6.00. The van der Waals surface area contributed by atoms with Crippen molar-refractivity contribution in [2.45, 2.75) is 32.4 Å². The minimum absolute atomic E-state index is 0.0834. The maximum absolute atomic E-state index is 13.8. The predicted molar refractivity (Wildman–Crippen MR) is 135 cm³/mol. The number of halogens is 1. The van der Waals surface area contributed by atoms with Crippen LogP contribution >= 0.6 is 11.6 Å². The third-order valence-electron chi connectivity index (χ3n) is 6.81. The summed E-state index contributed by atoms with van der Waals surface area (Å²) in [7, 11) is 3.63. The molecule has 0 saturated heterocycles. The highest BCUT2D eigenvalue weighted by molar-refractivity contribution is 6.32. The number of amides is 2. The van der Waals surface area contributed by atoms with Gasteiger partial charge in [-0.3, -0.25) is 24.5 Å². The molecule has 2 amide bonds. The van der Waals surface area contributed by atoms with Crippen molar-refractivity contribution in [1.29, 1.82) is 0 Å². The number of nitrogens with zero attached hydrogens (tertiary/aromatic N) is 6. The molecule has 10 nitrogen and oxygen atoms in total. The van der Waals surface area contributed by atoms with Crippen LogP contribution in [0.3, 0.4) is 0 Å². The first-order chi connectivity index (χ1) is 16.8. The molecule has 0 fully saturated rings. The summed E-state index contributed by atoms with van der Waals surface area (Å²) in [5.74, 6) is 1.04. The average molecular weight is 497 g/mol. The second kappa shape index (κ2) is 8.99. The zero-order valence-electron chi connectivity index (χ0n) is 20.2. The largest absolute Gasteiger partial charge is 0.360 e. The number of fused-ring (bicyclic) bond motifs is 1. The number of allylic oxidation sites excluding steroid dienone is 3. The highest BCUT2D eigenvalue weighted by Crippen LogP contribution is 2.36.